The molecule has 1 N–H and O–H groups in total. The van der Waals surface area contributed by atoms with E-state index in [9.17, 15) is 4.79 Å². The van der Waals surface area contributed by atoms with Crippen LogP contribution in [0.3, 0.4) is 0 Å². The zero-order chi connectivity index (χ0) is 10.1. The highest BCUT2D eigenvalue weighted by Gasteiger charge is 2.12. The Hall–Kier alpha value is -1.62. The van der Waals surface area contributed by atoms with Crippen molar-refractivity contribution in [2.24, 2.45) is 0 Å². The maximum Gasteiger partial charge on any atom is 0.357 e. The van der Waals surface area contributed by atoms with Gasteiger partial charge in [0.25, 0.3) is 0 Å². The van der Waals surface area contributed by atoms with Crippen LogP contribution in [-0.4, -0.2) is 16.1 Å². The number of oxazole rings is 1. The molecule has 4 nitrogen and oxygen atoms in total. The van der Waals surface area contributed by atoms with Crippen molar-refractivity contribution in [2.75, 3.05) is 0 Å². The van der Waals surface area contributed by atoms with Gasteiger partial charge in [0.1, 0.15) is 6.26 Å². The highest BCUT2D eigenvalue weighted by Crippen LogP contribution is 2.24. The maximum absolute atomic E-state index is 10.5. The van der Waals surface area contributed by atoms with Crippen molar-refractivity contribution in [1.29, 1.82) is 0 Å². The molecule has 0 saturated heterocycles. The maximum atomic E-state index is 10.5. The quantitative estimate of drug-likeness (QED) is 0.824. The minimum absolute atomic E-state index is 0.0659. The fourth-order valence-corrected chi connectivity index (χ4v) is 1.74. The van der Waals surface area contributed by atoms with Crippen LogP contribution < -0.4 is 0 Å². The van der Waals surface area contributed by atoms with E-state index in [1.54, 1.807) is 11.3 Å². The molecule has 0 saturated carbocycles. The van der Waals surface area contributed by atoms with Gasteiger partial charge in [0.2, 0.25) is 5.89 Å². The van der Waals surface area contributed by atoms with Crippen LogP contribution in [0.5, 0.6) is 0 Å². The van der Waals surface area contributed by atoms with Crippen LogP contribution >= 0.6 is 11.3 Å². The molecule has 2 rings (SSSR count). The van der Waals surface area contributed by atoms with Crippen LogP contribution in [0.15, 0.2) is 22.1 Å². The van der Waals surface area contributed by atoms with Gasteiger partial charge in [-0.15, -0.1) is 11.3 Å². The first-order valence-corrected chi connectivity index (χ1v) is 4.79. The summed E-state index contributed by atoms with van der Waals surface area (Å²) in [5.74, 6) is -0.723. The number of aromatic carboxylic acids is 1. The first kappa shape index (κ1) is 8.96. The van der Waals surface area contributed by atoms with E-state index in [4.69, 9.17) is 9.52 Å². The zero-order valence-corrected chi connectivity index (χ0v) is 8.17. The number of hydrogen-bond donors (Lipinski definition) is 1. The number of rotatable bonds is 2. The lowest BCUT2D eigenvalue weighted by molar-refractivity contribution is 0.0690. The molecular formula is C9H7NO3S. The average molecular weight is 209 g/mol. The molecule has 2 aromatic heterocycles. The number of carboxylic acid groups (broad SMARTS) is 1. The van der Waals surface area contributed by atoms with Gasteiger partial charge in [0.05, 0.1) is 0 Å². The molecule has 0 spiro atoms. The molecule has 0 amide bonds. The Balaban J connectivity index is 2.38. The highest BCUT2D eigenvalue weighted by atomic mass is 32.1. The third kappa shape index (κ3) is 1.54. The predicted molar refractivity (Wildman–Crippen MR) is 51.5 cm³/mol. The number of aromatic nitrogens is 1. The minimum Gasteiger partial charge on any atom is -0.476 e. The third-order valence-corrected chi connectivity index (χ3v) is 2.56. The molecule has 0 bridgehead atoms. The van der Waals surface area contributed by atoms with Gasteiger partial charge in [-0.1, -0.05) is 0 Å². The van der Waals surface area contributed by atoms with E-state index in [1.807, 2.05) is 18.4 Å². The third-order valence-electron chi connectivity index (χ3n) is 1.70. The molecule has 0 aliphatic heterocycles. The van der Waals surface area contributed by atoms with Crippen molar-refractivity contribution >= 4 is 17.3 Å². The van der Waals surface area contributed by atoms with E-state index in [2.05, 4.69) is 4.98 Å². The summed E-state index contributed by atoms with van der Waals surface area (Å²) < 4.78 is 5.04. The van der Waals surface area contributed by atoms with Crippen molar-refractivity contribution in [1.82, 2.24) is 4.98 Å². The predicted octanol–water partition coefficient (Wildman–Crippen LogP) is 2.41. The standard InChI is InChI=1S/C9H7NO3S/c1-5-2-6(4-14-5)8-10-7(3-13-8)9(11)12/h2-4H,1H3,(H,11,12). The van der Waals surface area contributed by atoms with E-state index in [0.29, 0.717) is 5.89 Å². The van der Waals surface area contributed by atoms with Gasteiger partial charge < -0.3 is 9.52 Å². The molecule has 2 aromatic rings. The second kappa shape index (κ2) is 3.26. The van der Waals surface area contributed by atoms with E-state index in [-0.39, 0.29) is 5.69 Å². The summed E-state index contributed by atoms with van der Waals surface area (Å²) in [6.07, 6.45) is 1.14. The molecule has 0 fully saturated rings. The molecule has 0 aromatic carbocycles. The van der Waals surface area contributed by atoms with E-state index < -0.39 is 5.97 Å². The van der Waals surface area contributed by atoms with Gasteiger partial charge in [0, 0.05) is 15.8 Å². The SMILES string of the molecule is Cc1cc(-c2nc(C(=O)O)co2)cs1. The first-order valence-electron chi connectivity index (χ1n) is 3.91. The van der Waals surface area contributed by atoms with Crippen LogP contribution in [0.2, 0.25) is 0 Å². The lowest BCUT2D eigenvalue weighted by Crippen LogP contribution is -1.95. The second-order valence-corrected chi connectivity index (χ2v) is 3.90. The van der Waals surface area contributed by atoms with Crippen LogP contribution in [0.25, 0.3) is 11.5 Å². The van der Waals surface area contributed by atoms with E-state index in [0.717, 1.165) is 16.7 Å². The number of thiophene rings is 1. The summed E-state index contributed by atoms with van der Waals surface area (Å²) in [5, 5.41) is 10.5. The van der Waals surface area contributed by atoms with Crippen molar-refractivity contribution in [3.63, 3.8) is 0 Å². The molecule has 0 aliphatic carbocycles. The molecule has 0 atom stereocenters. The Morgan fingerprint density at radius 3 is 2.93 bits per heavy atom. The summed E-state index contributed by atoms with van der Waals surface area (Å²) in [7, 11) is 0. The number of nitrogens with zero attached hydrogens (tertiary/aromatic N) is 1. The molecule has 0 radical (unpaired) electrons. The van der Waals surface area contributed by atoms with Gasteiger partial charge in [0.15, 0.2) is 5.69 Å². The topological polar surface area (TPSA) is 63.3 Å². The lowest BCUT2D eigenvalue weighted by atomic mass is 10.3. The van der Waals surface area contributed by atoms with Gasteiger partial charge >= 0.3 is 5.97 Å². The normalized spacial score (nSPS) is 10.4. The smallest absolute Gasteiger partial charge is 0.357 e. The van der Waals surface area contributed by atoms with Crippen LogP contribution in [0.4, 0.5) is 0 Å². The summed E-state index contributed by atoms with van der Waals surface area (Å²) in [6, 6.07) is 1.90. The molecule has 72 valence electrons. The van der Waals surface area contributed by atoms with Gasteiger partial charge in [-0.3, -0.25) is 0 Å². The van der Waals surface area contributed by atoms with Crippen molar-refractivity contribution in [3.05, 3.63) is 28.3 Å². The van der Waals surface area contributed by atoms with Crippen LogP contribution in [0, 0.1) is 6.92 Å². The molecule has 5 heteroatoms. The fraction of sp³-hybridized carbons (Fsp3) is 0.111. The molecular weight excluding hydrogens is 202 g/mol. The number of aryl methyl sites for hydroxylation is 1. The summed E-state index contributed by atoms with van der Waals surface area (Å²) >= 11 is 1.57. The first-order chi connectivity index (χ1) is 6.66. The van der Waals surface area contributed by atoms with Crippen molar-refractivity contribution < 1.29 is 14.3 Å². The fourth-order valence-electron chi connectivity index (χ4n) is 1.06. The summed E-state index contributed by atoms with van der Waals surface area (Å²) in [5.41, 5.74) is 0.754. The number of carbonyl (C=O) groups is 1. The van der Waals surface area contributed by atoms with E-state index in [1.165, 1.54) is 0 Å². The van der Waals surface area contributed by atoms with Gasteiger partial charge in [-0.25, -0.2) is 9.78 Å². The minimum atomic E-state index is -1.08. The van der Waals surface area contributed by atoms with E-state index >= 15 is 0 Å². The molecule has 0 aliphatic rings. The Kier molecular flexibility index (Phi) is 2.09. The zero-order valence-electron chi connectivity index (χ0n) is 7.35. The average Bonchev–Trinajstić information content (AvgIpc) is 2.70. The van der Waals surface area contributed by atoms with Gasteiger partial charge in [-0.05, 0) is 13.0 Å². The molecule has 0 unspecified atom stereocenters. The Morgan fingerprint density at radius 1 is 1.64 bits per heavy atom. The van der Waals surface area contributed by atoms with Crippen LogP contribution in [0.1, 0.15) is 15.4 Å². The Morgan fingerprint density at radius 2 is 2.43 bits per heavy atom. The summed E-state index contributed by atoms with van der Waals surface area (Å²) in [6.45, 7) is 1.97. The lowest BCUT2D eigenvalue weighted by Gasteiger charge is -1.85. The Bertz CT molecular complexity index is 472. The Labute approximate surface area is 83.8 Å². The largest absolute Gasteiger partial charge is 0.476 e. The second-order valence-electron chi connectivity index (χ2n) is 2.79. The number of hydrogen-bond acceptors (Lipinski definition) is 4. The van der Waals surface area contributed by atoms with Gasteiger partial charge in [-0.2, -0.15) is 0 Å². The molecule has 14 heavy (non-hydrogen) atoms. The van der Waals surface area contributed by atoms with Crippen molar-refractivity contribution in [3.8, 4) is 11.5 Å². The molecule has 2 heterocycles. The van der Waals surface area contributed by atoms with Crippen molar-refractivity contribution in [2.45, 2.75) is 6.92 Å². The number of carboxylic acids is 1. The summed E-state index contributed by atoms with van der Waals surface area (Å²) in [4.78, 5) is 15.5. The monoisotopic (exact) mass is 209 g/mol. The highest BCUT2D eigenvalue weighted by molar-refractivity contribution is 7.10. The van der Waals surface area contributed by atoms with Crippen LogP contribution in [-0.2, 0) is 0 Å².